The highest BCUT2D eigenvalue weighted by atomic mass is 35.5. The quantitative estimate of drug-likeness (QED) is 0.804. The molecular formula is C13H9ClF2O. The Morgan fingerprint density at radius 1 is 1.06 bits per heavy atom. The van der Waals surface area contributed by atoms with Gasteiger partial charge in [0, 0.05) is 11.6 Å². The van der Waals surface area contributed by atoms with E-state index in [1.807, 2.05) is 0 Å². The molecule has 0 aromatic heterocycles. The zero-order valence-electron chi connectivity index (χ0n) is 8.97. The maximum Gasteiger partial charge on any atom is 0.145 e. The summed E-state index contributed by atoms with van der Waals surface area (Å²) in [4.78, 5) is 0. The molecule has 17 heavy (non-hydrogen) atoms. The van der Waals surface area contributed by atoms with E-state index in [9.17, 15) is 13.9 Å². The number of phenols is 1. The van der Waals surface area contributed by atoms with Crippen LogP contribution >= 0.6 is 11.6 Å². The molecule has 2 aromatic rings. The van der Waals surface area contributed by atoms with Gasteiger partial charge in [-0.1, -0.05) is 23.7 Å². The van der Waals surface area contributed by atoms with E-state index in [4.69, 9.17) is 11.6 Å². The van der Waals surface area contributed by atoms with Crippen LogP contribution in [0.25, 0.3) is 11.1 Å². The number of rotatable bonds is 1. The molecule has 0 atom stereocenters. The highest BCUT2D eigenvalue weighted by Gasteiger charge is 2.13. The van der Waals surface area contributed by atoms with Crippen LogP contribution in [0.4, 0.5) is 8.78 Å². The van der Waals surface area contributed by atoms with Crippen molar-refractivity contribution in [2.75, 3.05) is 0 Å². The fourth-order valence-electron chi connectivity index (χ4n) is 1.65. The summed E-state index contributed by atoms with van der Waals surface area (Å²) in [6, 6.07) is 6.69. The molecule has 0 spiro atoms. The van der Waals surface area contributed by atoms with E-state index in [1.54, 1.807) is 13.0 Å². The number of halogens is 3. The molecule has 0 aliphatic carbocycles. The third-order valence-electron chi connectivity index (χ3n) is 2.60. The van der Waals surface area contributed by atoms with Crippen molar-refractivity contribution in [2.45, 2.75) is 6.92 Å². The van der Waals surface area contributed by atoms with Crippen molar-refractivity contribution in [3.63, 3.8) is 0 Å². The van der Waals surface area contributed by atoms with Gasteiger partial charge in [-0.05, 0) is 30.2 Å². The van der Waals surface area contributed by atoms with Gasteiger partial charge >= 0.3 is 0 Å². The monoisotopic (exact) mass is 254 g/mol. The predicted octanol–water partition coefficient (Wildman–Crippen LogP) is 4.30. The molecule has 1 N–H and O–H groups in total. The van der Waals surface area contributed by atoms with Crippen molar-refractivity contribution < 1.29 is 13.9 Å². The standard InChI is InChI=1S/C13H9ClF2O/c1-7-8(3-2-4-11(7)15)9-5-10(14)12(16)6-13(9)17/h2-6,17H,1H3. The maximum absolute atomic E-state index is 13.4. The smallest absolute Gasteiger partial charge is 0.145 e. The van der Waals surface area contributed by atoms with Gasteiger partial charge in [-0.2, -0.15) is 0 Å². The molecular weight excluding hydrogens is 246 g/mol. The Labute approximate surface area is 102 Å². The molecule has 0 amide bonds. The Hall–Kier alpha value is -1.61. The minimum atomic E-state index is -0.707. The van der Waals surface area contributed by atoms with Gasteiger partial charge in [-0.15, -0.1) is 0 Å². The van der Waals surface area contributed by atoms with E-state index < -0.39 is 5.82 Å². The van der Waals surface area contributed by atoms with E-state index in [0.29, 0.717) is 16.7 Å². The molecule has 0 aliphatic heterocycles. The number of phenolic OH excluding ortho intramolecular Hbond substituents is 1. The molecule has 0 fully saturated rings. The van der Waals surface area contributed by atoms with E-state index in [-0.39, 0.29) is 16.6 Å². The number of hydrogen-bond donors (Lipinski definition) is 1. The number of aromatic hydroxyl groups is 1. The Balaban J connectivity index is 2.69. The van der Waals surface area contributed by atoms with Gasteiger partial charge in [0.15, 0.2) is 0 Å². The summed E-state index contributed by atoms with van der Waals surface area (Å²) in [6.07, 6.45) is 0. The lowest BCUT2D eigenvalue weighted by Crippen LogP contribution is -1.89. The van der Waals surface area contributed by atoms with Crippen molar-refractivity contribution in [3.05, 3.63) is 52.6 Å². The van der Waals surface area contributed by atoms with Gasteiger partial charge in [0.25, 0.3) is 0 Å². The molecule has 0 saturated heterocycles. The average molecular weight is 255 g/mol. The summed E-state index contributed by atoms with van der Waals surface area (Å²) in [7, 11) is 0. The molecule has 88 valence electrons. The third kappa shape index (κ3) is 2.11. The molecule has 4 heteroatoms. The van der Waals surface area contributed by atoms with Crippen LogP contribution in [0, 0.1) is 18.6 Å². The highest BCUT2D eigenvalue weighted by molar-refractivity contribution is 6.31. The van der Waals surface area contributed by atoms with E-state index in [2.05, 4.69) is 0 Å². The predicted molar refractivity (Wildman–Crippen MR) is 63.2 cm³/mol. The Bertz CT molecular complexity index is 582. The van der Waals surface area contributed by atoms with Gasteiger partial charge in [-0.3, -0.25) is 0 Å². The fourth-order valence-corrected chi connectivity index (χ4v) is 1.81. The van der Waals surface area contributed by atoms with Crippen LogP contribution in [0.15, 0.2) is 30.3 Å². The van der Waals surface area contributed by atoms with E-state index in [1.165, 1.54) is 18.2 Å². The van der Waals surface area contributed by atoms with Crippen LogP contribution in [-0.4, -0.2) is 5.11 Å². The summed E-state index contributed by atoms with van der Waals surface area (Å²) in [6.45, 7) is 1.58. The zero-order chi connectivity index (χ0) is 12.6. The highest BCUT2D eigenvalue weighted by Crippen LogP contribution is 2.35. The van der Waals surface area contributed by atoms with Gasteiger partial charge in [0.1, 0.15) is 17.4 Å². The second kappa shape index (κ2) is 4.34. The molecule has 0 heterocycles. The van der Waals surface area contributed by atoms with Crippen molar-refractivity contribution >= 4 is 11.6 Å². The van der Waals surface area contributed by atoms with Gasteiger partial charge in [0.2, 0.25) is 0 Å². The molecule has 0 unspecified atom stereocenters. The maximum atomic E-state index is 13.4. The first kappa shape index (κ1) is 11.9. The SMILES string of the molecule is Cc1c(F)cccc1-c1cc(Cl)c(F)cc1O. The molecule has 0 bridgehead atoms. The molecule has 2 aromatic carbocycles. The first-order valence-corrected chi connectivity index (χ1v) is 5.32. The topological polar surface area (TPSA) is 20.2 Å². The Kier molecular flexibility index (Phi) is 3.03. The second-order valence-electron chi connectivity index (χ2n) is 3.70. The lowest BCUT2D eigenvalue weighted by Gasteiger charge is -2.09. The molecule has 0 saturated carbocycles. The largest absolute Gasteiger partial charge is 0.507 e. The third-order valence-corrected chi connectivity index (χ3v) is 2.89. The lowest BCUT2D eigenvalue weighted by atomic mass is 9.99. The van der Waals surface area contributed by atoms with Gasteiger partial charge in [0.05, 0.1) is 5.02 Å². The molecule has 2 rings (SSSR count). The van der Waals surface area contributed by atoms with Crippen molar-refractivity contribution in [2.24, 2.45) is 0 Å². The minimum absolute atomic E-state index is 0.110. The zero-order valence-corrected chi connectivity index (χ0v) is 9.72. The lowest BCUT2D eigenvalue weighted by molar-refractivity contribution is 0.471. The van der Waals surface area contributed by atoms with Gasteiger partial charge in [-0.25, -0.2) is 8.78 Å². The van der Waals surface area contributed by atoms with Crippen LogP contribution < -0.4 is 0 Å². The van der Waals surface area contributed by atoms with Crippen LogP contribution in [0.2, 0.25) is 5.02 Å². The van der Waals surface area contributed by atoms with Gasteiger partial charge < -0.3 is 5.11 Å². The summed E-state index contributed by atoms with van der Waals surface area (Å²) in [5.41, 5.74) is 1.18. The van der Waals surface area contributed by atoms with Crippen LogP contribution in [0.5, 0.6) is 5.75 Å². The summed E-state index contributed by atoms with van der Waals surface area (Å²) in [5.74, 6) is -1.36. The molecule has 1 nitrogen and oxygen atoms in total. The second-order valence-corrected chi connectivity index (χ2v) is 4.10. The first-order valence-electron chi connectivity index (χ1n) is 4.94. The molecule has 0 aliphatic rings. The number of benzene rings is 2. The summed E-state index contributed by atoms with van der Waals surface area (Å²) < 4.78 is 26.5. The first-order chi connectivity index (χ1) is 8.00. The summed E-state index contributed by atoms with van der Waals surface area (Å²) in [5, 5.41) is 9.55. The van der Waals surface area contributed by atoms with Crippen molar-refractivity contribution in [3.8, 4) is 16.9 Å². The fraction of sp³-hybridized carbons (Fsp3) is 0.0769. The Morgan fingerprint density at radius 2 is 1.76 bits per heavy atom. The average Bonchev–Trinajstić information content (AvgIpc) is 2.28. The number of hydrogen-bond acceptors (Lipinski definition) is 1. The van der Waals surface area contributed by atoms with Crippen molar-refractivity contribution in [1.82, 2.24) is 0 Å². The Morgan fingerprint density at radius 3 is 2.47 bits per heavy atom. The normalized spacial score (nSPS) is 10.6. The van der Waals surface area contributed by atoms with E-state index >= 15 is 0 Å². The van der Waals surface area contributed by atoms with Crippen LogP contribution in [0.1, 0.15) is 5.56 Å². The molecule has 0 radical (unpaired) electrons. The van der Waals surface area contributed by atoms with Crippen molar-refractivity contribution in [1.29, 1.82) is 0 Å². The van der Waals surface area contributed by atoms with Crippen LogP contribution in [0.3, 0.4) is 0 Å². The summed E-state index contributed by atoms with van der Waals surface area (Å²) >= 11 is 5.65. The van der Waals surface area contributed by atoms with E-state index in [0.717, 1.165) is 6.07 Å². The minimum Gasteiger partial charge on any atom is -0.507 e. The van der Waals surface area contributed by atoms with Crippen LogP contribution in [-0.2, 0) is 0 Å².